The molecule has 1 aromatic carbocycles. The number of halogens is 1. The van der Waals surface area contributed by atoms with Gasteiger partial charge in [0, 0.05) is 57.0 Å². The fourth-order valence-electron chi connectivity index (χ4n) is 3.19. The van der Waals surface area contributed by atoms with Gasteiger partial charge in [0.05, 0.1) is 11.2 Å². The van der Waals surface area contributed by atoms with Crippen molar-refractivity contribution >= 4 is 23.5 Å². The Bertz CT molecular complexity index is 939. The number of aryl methyl sites for hydroxylation is 1. The zero-order valence-electron chi connectivity index (χ0n) is 15.3. The molecule has 3 aromatic rings. The summed E-state index contributed by atoms with van der Waals surface area (Å²) in [5, 5.41) is 0.613. The molecule has 8 heteroatoms. The predicted molar refractivity (Wildman–Crippen MR) is 106 cm³/mol. The monoisotopic (exact) mass is 397 g/mol. The third-order valence-corrected chi connectivity index (χ3v) is 5.04. The van der Waals surface area contributed by atoms with E-state index in [1.165, 1.54) is 0 Å². The number of nitrogens with zero attached hydrogens (tertiary/aromatic N) is 5. The number of aromatic nitrogens is 3. The van der Waals surface area contributed by atoms with Crippen molar-refractivity contribution in [2.24, 2.45) is 0 Å². The summed E-state index contributed by atoms with van der Waals surface area (Å²) < 4.78 is 5.77. The molecule has 0 radical (unpaired) electrons. The normalized spacial score (nSPS) is 14.3. The lowest BCUT2D eigenvalue weighted by Gasteiger charge is -2.34. The van der Waals surface area contributed by atoms with E-state index in [4.69, 9.17) is 16.0 Å². The highest BCUT2D eigenvalue weighted by atomic mass is 35.5. The molecule has 4 rings (SSSR count). The van der Waals surface area contributed by atoms with E-state index >= 15 is 0 Å². The van der Waals surface area contributed by atoms with E-state index in [0.717, 1.165) is 18.7 Å². The number of carbonyl (C=O) groups excluding carboxylic acids is 1. The van der Waals surface area contributed by atoms with Gasteiger partial charge in [-0.2, -0.15) is 0 Å². The first-order chi connectivity index (χ1) is 13.7. The average Bonchev–Trinajstić information content (AvgIpc) is 3.22. The Hall–Kier alpha value is -2.93. The number of amides is 1. The fraction of sp³-hybridized carbons (Fsp3) is 0.300. The summed E-state index contributed by atoms with van der Waals surface area (Å²) in [5.74, 6) is 1.97. The van der Waals surface area contributed by atoms with Crippen LogP contribution in [-0.4, -0.2) is 51.9 Å². The minimum Gasteiger partial charge on any atom is -0.441 e. The molecule has 0 saturated carbocycles. The first-order valence-electron chi connectivity index (χ1n) is 9.20. The molecule has 0 aliphatic carbocycles. The van der Waals surface area contributed by atoms with Crippen LogP contribution in [-0.2, 0) is 11.2 Å². The van der Waals surface area contributed by atoms with E-state index in [9.17, 15) is 4.79 Å². The van der Waals surface area contributed by atoms with Gasteiger partial charge in [-0.3, -0.25) is 4.79 Å². The van der Waals surface area contributed by atoms with Gasteiger partial charge in [-0.1, -0.05) is 23.7 Å². The van der Waals surface area contributed by atoms with Gasteiger partial charge in [-0.25, -0.2) is 15.0 Å². The number of hydrogen-bond donors (Lipinski definition) is 0. The third-order valence-electron chi connectivity index (χ3n) is 4.71. The van der Waals surface area contributed by atoms with E-state index < -0.39 is 0 Å². The number of carbonyl (C=O) groups is 1. The van der Waals surface area contributed by atoms with Crippen LogP contribution in [0.3, 0.4) is 0 Å². The zero-order chi connectivity index (χ0) is 19.3. The summed E-state index contributed by atoms with van der Waals surface area (Å²) in [4.78, 5) is 29.3. The highest BCUT2D eigenvalue weighted by Crippen LogP contribution is 2.28. The molecule has 1 fully saturated rings. The van der Waals surface area contributed by atoms with Crippen molar-refractivity contribution in [1.82, 2.24) is 19.9 Å². The Balaban J connectivity index is 1.29. The molecule has 2 aromatic heterocycles. The van der Waals surface area contributed by atoms with Crippen molar-refractivity contribution in [3.8, 4) is 11.3 Å². The summed E-state index contributed by atoms with van der Waals surface area (Å²) in [6.07, 6.45) is 5.94. The van der Waals surface area contributed by atoms with Crippen molar-refractivity contribution in [2.75, 3.05) is 31.1 Å². The molecule has 28 heavy (non-hydrogen) atoms. The molecule has 1 amide bonds. The van der Waals surface area contributed by atoms with Crippen molar-refractivity contribution < 1.29 is 9.21 Å². The minimum absolute atomic E-state index is 0.103. The largest absolute Gasteiger partial charge is 0.441 e. The summed E-state index contributed by atoms with van der Waals surface area (Å²) in [7, 11) is 0. The summed E-state index contributed by atoms with van der Waals surface area (Å²) in [6.45, 7) is 2.78. The van der Waals surface area contributed by atoms with Gasteiger partial charge in [0.25, 0.3) is 0 Å². The molecule has 1 aliphatic heterocycles. The predicted octanol–water partition coefficient (Wildman–Crippen LogP) is 3.07. The Morgan fingerprint density at radius 1 is 1.04 bits per heavy atom. The number of anilines is 1. The zero-order valence-corrected chi connectivity index (χ0v) is 16.0. The molecule has 0 bridgehead atoms. The van der Waals surface area contributed by atoms with Crippen LogP contribution in [0.2, 0.25) is 5.02 Å². The lowest BCUT2D eigenvalue weighted by Crippen LogP contribution is -2.49. The van der Waals surface area contributed by atoms with E-state index in [1.807, 2.05) is 29.2 Å². The standard InChI is InChI=1S/C20H20ClN5O2/c21-16-5-2-1-4-15(16)17-14-24-18(28-17)6-7-19(27)25-10-12-26(13-11-25)20-22-8-3-9-23-20/h1-5,8-9,14H,6-7,10-13H2. The molecule has 0 unspecified atom stereocenters. The quantitative estimate of drug-likeness (QED) is 0.658. The SMILES string of the molecule is O=C(CCc1ncc(-c2ccccc2Cl)o1)N1CCN(c2ncccn2)CC1. The molecular formula is C20H20ClN5O2. The van der Waals surface area contributed by atoms with Crippen LogP contribution in [0, 0.1) is 0 Å². The second-order valence-electron chi connectivity index (χ2n) is 6.51. The topological polar surface area (TPSA) is 75.4 Å². The van der Waals surface area contributed by atoms with Crippen LogP contribution in [0.5, 0.6) is 0 Å². The maximum absolute atomic E-state index is 12.5. The molecule has 144 valence electrons. The molecule has 0 atom stereocenters. The lowest BCUT2D eigenvalue weighted by atomic mass is 10.2. The van der Waals surface area contributed by atoms with Gasteiger partial charge in [0.1, 0.15) is 0 Å². The van der Waals surface area contributed by atoms with Crippen molar-refractivity contribution in [1.29, 1.82) is 0 Å². The van der Waals surface area contributed by atoms with Crippen LogP contribution in [0.4, 0.5) is 5.95 Å². The molecular weight excluding hydrogens is 378 g/mol. The van der Waals surface area contributed by atoms with Crippen molar-refractivity contribution in [3.63, 3.8) is 0 Å². The summed E-state index contributed by atoms with van der Waals surface area (Å²) in [6, 6.07) is 9.25. The molecule has 3 heterocycles. The van der Waals surface area contributed by atoms with Gasteiger partial charge < -0.3 is 14.2 Å². The van der Waals surface area contributed by atoms with Gasteiger partial charge >= 0.3 is 0 Å². The van der Waals surface area contributed by atoms with Crippen LogP contribution in [0.15, 0.2) is 53.3 Å². The van der Waals surface area contributed by atoms with Crippen LogP contribution in [0.1, 0.15) is 12.3 Å². The maximum atomic E-state index is 12.5. The third kappa shape index (κ3) is 4.14. The van der Waals surface area contributed by atoms with Gasteiger partial charge in [0.15, 0.2) is 11.7 Å². The number of hydrogen-bond acceptors (Lipinski definition) is 6. The average molecular weight is 398 g/mol. The first kappa shape index (κ1) is 18.4. The van der Waals surface area contributed by atoms with E-state index in [0.29, 0.717) is 48.6 Å². The highest BCUT2D eigenvalue weighted by Gasteiger charge is 2.22. The molecule has 0 N–H and O–H groups in total. The van der Waals surface area contributed by atoms with Crippen LogP contribution >= 0.6 is 11.6 Å². The Morgan fingerprint density at radius 3 is 2.54 bits per heavy atom. The van der Waals surface area contributed by atoms with Crippen molar-refractivity contribution in [2.45, 2.75) is 12.8 Å². The molecule has 7 nitrogen and oxygen atoms in total. The minimum atomic E-state index is 0.103. The number of oxazole rings is 1. The lowest BCUT2D eigenvalue weighted by molar-refractivity contribution is -0.131. The van der Waals surface area contributed by atoms with Crippen LogP contribution < -0.4 is 4.90 Å². The molecule has 1 saturated heterocycles. The fourth-order valence-corrected chi connectivity index (χ4v) is 3.42. The summed E-state index contributed by atoms with van der Waals surface area (Å²) in [5.41, 5.74) is 0.800. The van der Waals surface area contributed by atoms with E-state index in [-0.39, 0.29) is 5.91 Å². The van der Waals surface area contributed by atoms with Crippen LogP contribution in [0.25, 0.3) is 11.3 Å². The molecule has 1 aliphatic rings. The van der Waals surface area contributed by atoms with Gasteiger partial charge in [-0.15, -0.1) is 0 Å². The maximum Gasteiger partial charge on any atom is 0.225 e. The second kappa shape index (κ2) is 8.39. The van der Waals surface area contributed by atoms with Gasteiger partial charge in [-0.05, 0) is 18.2 Å². The first-order valence-corrected chi connectivity index (χ1v) is 9.58. The van der Waals surface area contributed by atoms with Gasteiger partial charge in [0.2, 0.25) is 11.9 Å². The molecule has 0 spiro atoms. The Labute approximate surface area is 168 Å². The highest BCUT2D eigenvalue weighted by molar-refractivity contribution is 6.33. The smallest absolute Gasteiger partial charge is 0.225 e. The number of benzene rings is 1. The Morgan fingerprint density at radius 2 is 1.79 bits per heavy atom. The second-order valence-corrected chi connectivity index (χ2v) is 6.92. The van der Waals surface area contributed by atoms with E-state index in [1.54, 1.807) is 24.7 Å². The van der Waals surface area contributed by atoms with E-state index in [2.05, 4.69) is 19.9 Å². The van der Waals surface area contributed by atoms with Crippen molar-refractivity contribution in [3.05, 3.63) is 59.8 Å². The summed E-state index contributed by atoms with van der Waals surface area (Å²) >= 11 is 6.19. The Kier molecular flexibility index (Phi) is 5.53. The number of rotatable bonds is 5. The number of piperazine rings is 1.